The maximum absolute atomic E-state index is 3.66. The molecule has 0 bridgehead atoms. The van der Waals surface area contributed by atoms with Gasteiger partial charge in [-0.25, -0.2) is 0 Å². The molecule has 0 amide bonds. The molecular formula is C13H26N2S. The molecule has 2 unspecified atom stereocenters. The topological polar surface area (TPSA) is 15.3 Å². The van der Waals surface area contributed by atoms with Gasteiger partial charge in [0.15, 0.2) is 0 Å². The van der Waals surface area contributed by atoms with Gasteiger partial charge in [-0.1, -0.05) is 13.8 Å². The molecular weight excluding hydrogens is 216 g/mol. The summed E-state index contributed by atoms with van der Waals surface area (Å²) in [5.41, 5.74) is 0. The molecule has 16 heavy (non-hydrogen) atoms. The minimum Gasteiger partial charge on any atom is -0.310 e. The summed E-state index contributed by atoms with van der Waals surface area (Å²) in [5.74, 6) is 1.37. The lowest BCUT2D eigenvalue weighted by Gasteiger charge is -2.29. The van der Waals surface area contributed by atoms with Crippen LogP contribution in [0.25, 0.3) is 0 Å². The first-order valence-electron chi connectivity index (χ1n) is 6.70. The Morgan fingerprint density at radius 3 is 2.94 bits per heavy atom. The number of thioether (sulfide) groups is 1. The van der Waals surface area contributed by atoms with Crippen molar-refractivity contribution in [1.82, 2.24) is 10.2 Å². The van der Waals surface area contributed by atoms with Gasteiger partial charge in [0.25, 0.3) is 0 Å². The van der Waals surface area contributed by atoms with Crippen molar-refractivity contribution in [3.63, 3.8) is 0 Å². The van der Waals surface area contributed by atoms with E-state index in [1.807, 2.05) is 0 Å². The molecule has 2 rings (SSSR count). The molecule has 2 saturated heterocycles. The van der Waals surface area contributed by atoms with Gasteiger partial charge in [-0.15, -0.1) is 0 Å². The number of nitrogens with zero attached hydrogens (tertiary/aromatic N) is 1. The number of likely N-dealkylation sites (tertiary alicyclic amines) is 1. The first-order chi connectivity index (χ1) is 7.57. The summed E-state index contributed by atoms with van der Waals surface area (Å²) < 4.78 is 0.548. The smallest absolute Gasteiger partial charge is 0.0259 e. The molecule has 0 spiro atoms. The summed E-state index contributed by atoms with van der Waals surface area (Å²) in [7, 11) is 0. The Labute approximate surface area is 105 Å². The summed E-state index contributed by atoms with van der Waals surface area (Å²) in [6.45, 7) is 10.8. The first kappa shape index (κ1) is 12.7. The van der Waals surface area contributed by atoms with Crippen molar-refractivity contribution in [3.05, 3.63) is 0 Å². The maximum atomic E-state index is 3.66. The fraction of sp³-hybridized carbons (Fsp3) is 1.00. The molecule has 0 radical (unpaired) electrons. The molecule has 2 aliphatic rings. The molecule has 2 atom stereocenters. The zero-order valence-corrected chi connectivity index (χ0v) is 11.8. The lowest BCUT2D eigenvalue weighted by molar-refractivity contribution is 0.292. The summed E-state index contributed by atoms with van der Waals surface area (Å²) in [4.78, 5) is 2.67. The van der Waals surface area contributed by atoms with Gasteiger partial charge >= 0.3 is 0 Å². The molecule has 2 nitrogen and oxygen atoms in total. The van der Waals surface area contributed by atoms with E-state index in [4.69, 9.17) is 0 Å². The van der Waals surface area contributed by atoms with Crippen molar-refractivity contribution in [1.29, 1.82) is 0 Å². The Morgan fingerprint density at radius 2 is 2.31 bits per heavy atom. The van der Waals surface area contributed by atoms with Crippen molar-refractivity contribution >= 4 is 11.8 Å². The average Bonchev–Trinajstić information content (AvgIpc) is 2.75. The second-order valence-corrected chi connectivity index (χ2v) is 7.63. The van der Waals surface area contributed by atoms with E-state index in [2.05, 4.69) is 42.7 Å². The molecule has 0 saturated carbocycles. The molecule has 94 valence electrons. The van der Waals surface area contributed by atoms with E-state index in [0.29, 0.717) is 10.8 Å². The summed E-state index contributed by atoms with van der Waals surface area (Å²) in [6, 6.07) is 1.36. The SMILES string of the molecule is CC(C)NC1CCN(CC2(C)CCCS2)C1. The normalized spacial score (nSPS) is 36.4. The van der Waals surface area contributed by atoms with Gasteiger partial charge in [-0.05, 0) is 38.5 Å². The van der Waals surface area contributed by atoms with Crippen LogP contribution in [0.4, 0.5) is 0 Å². The van der Waals surface area contributed by atoms with Crippen LogP contribution in [0.2, 0.25) is 0 Å². The average molecular weight is 242 g/mol. The Hall–Kier alpha value is 0.270. The molecule has 0 aromatic heterocycles. The van der Waals surface area contributed by atoms with Crippen LogP contribution in [0.15, 0.2) is 0 Å². The molecule has 0 aromatic carbocycles. The van der Waals surface area contributed by atoms with Crippen LogP contribution in [0.3, 0.4) is 0 Å². The largest absolute Gasteiger partial charge is 0.310 e. The van der Waals surface area contributed by atoms with Gasteiger partial charge in [0, 0.05) is 29.9 Å². The lowest BCUT2D eigenvalue weighted by atomic mass is 10.1. The first-order valence-corrected chi connectivity index (χ1v) is 7.68. The van der Waals surface area contributed by atoms with Crippen LogP contribution in [-0.2, 0) is 0 Å². The van der Waals surface area contributed by atoms with Gasteiger partial charge in [0.05, 0.1) is 0 Å². The predicted octanol–water partition coefficient (Wildman–Crippen LogP) is 2.34. The standard InChI is InChI=1S/C13H26N2S/c1-11(2)14-12-5-7-15(9-12)10-13(3)6-4-8-16-13/h11-12,14H,4-10H2,1-3H3. The molecule has 0 aromatic rings. The highest BCUT2D eigenvalue weighted by Gasteiger charge is 2.34. The number of nitrogens with one attached hydrogen (secondary N) is 1. The Balaban J connectivity index is 1.76. The molecule has 2 heterocycles. The molecule has 3 heteroatoms. The van der Waals surface area contributed by atoms with E-state index in [0.717, 1.165) is 6.04 Å². The van der Waals surface area contributed by atoms with E-state index in [1.165, 1.54) is 44.6 Å². The zero-order chi connectivity index (χ0) is 11.6. The highest BCUT2D eigenvalue weighted by Crippen LogP contribution is 2.38. The zero-order valence-electron chi connectivity index (χ0n) is 11.0. The van der Waals surface area contributed by atoms with Crippen LogP contribution in [0, 0.1) is 0 Å². The minimum atomic E-state index is 0.548. The van der Waals surface area contributed by atoms with Gasteiger partial charge < -0.3 is 10.2 Å². The van der Waals surface area contributed by atoms with Crippen LogP contribution >= 0.6 is 11.8 Å². The Kier molecular flexibility index (Phi) is 4.20. The van der Waals surface area contributed by atoms with Crippen molar-refractivity contribution in [2.45, 2.75) is 56.9 Å². The summed E-state index contributed by atoms with van der Waals surface area (Å²) in [6.07, 6.45) is 4.16. The van der Waals surface area contributed by atoms with E-state index in [9.17, 15) is 0 Å². The van der Waals surface area contributed by atoms with Crippen molar-refractivity contribution in [2.24, 2.45) is 0 Å². The molecule has 0 aliphatic carbocycles. The van der Waals surface area contributed by atoms with Gasteiger partial charge in [-0.2, -0.15) is 11.8 Å². The Morgan fingerprint density at radius 1 is 1.50 bits per heavy atom. The van der Waals surface area contributed by atoms with E-state index in [-0.39, 0.29) is 0 Å². The van der Waals surface area contributed by atoms with Crippen molar-refractivity contribution < 1.29 is 0 Å². The summed E-state index contributed by atoms with van der Waals surface area (Å²) in [5, 5.41) is 3.66. The second kappa shape index (κ2) is 5.28. The monoisotopic (exact) mass is 242 g/mol. The maximum Gasteiger partial charge on any atom is 0.0259 e. The minimum absolute atomic E-state index is 0.548. The predicted molar refractivity (Wildman–Crippen MR) is 73.2 cm³/mol. The quantitative estimate of drug-likeness (QED) is 0.814. The van der Waals surface area contributed by atoms with Gasteiger partial charge in [-0.3, -0.25) is 0 Å². The fourth-order valence-electron chi connectivity index (χ4n) is 3.02. The van der Waals surface area contributed by atoms with Crippen LogP contribution in [0.5, 0.6) is 0 Å². The Bertz CT molecular complexity index is 224. The third kappa shape index (κ3) is 3.38. The molecule has 2 aliphatic heterocycles. The third-order valence-electron chi connectivity index (χ3n) is 3.70. The summed E-state index contributed by atoms with van der Waals surface area (Å²) >= 11 is 2.18. The third-order valence-corrected chi connectivity index (χ3v) is 5.22. The lowest BCUT2D eigenvalue weighted by Crippen LogP contribution is -2.40. The van der Waals surface area contributed by atoms with Gasteiger partial charge in [0.1, 0.15) is 0 Å². The van der Waals surface area contributed by atoms with Crippen LogP contribution in [0.1, 0.15) is 40.0 Å². The van der Waals surface area contributed by atoms with Gasteiger partial charge in [0.2, 0.25) is 0 Å². The van der Waals surface area contributed by atoms with Crippen LogP contribution < -0.4 is 5.32 Å². The van der Waals surface area contributed by atoms with Crippen molar-refractivity contribution in [2.75, 3.05) is 25.4 Å². The highest BCUT2D eigenvalue weighted by molar-refractivity contribution is 8.00. The molecule has 2 fully saturated rings. The second-order valence-electron chi connectivity index (χ2n) is 5.94. The van der Waals surface area contributed by atoms with E-state index in [1.54, 1.807) is 0 Å². The number of hydrogen-bond acceptors (Lipinski definition) is 3. The van der Waals surface area contributed by atoms with E-state index < -0.39 is 0 Å². The van der Waals surface area contributed by atoms with E-state index >= 15 is 0 Å². The van der Waals surface area contributed by atoms with Crippen LogP contribution in [-0.4, -0.2) is 47.1 Å². The fourth-order valence-corrected chi connectivity index (χ4v) is 4.36. The number of rotatable bonds is 4. The number of hydrogen-bond donors (Lipinski definition) is 1. The molecule has 1 N–H and O–H groups in total. The van der Waals surface area contributed by atoms with Crippen molar-refractivity contribution in [3.8, 4) is 0 Å². The highest BCUT2D eigenvalue weighted by atomic mass is 32.2.